The Bertz CT molecular complexity index is 664. The number of rotatable bonds is 2. The van der Waals surface area contributed by atoms with Crippen LogP contribution in [0.2, 0.25) is 0 Å². The predicted molar refractivity (Wildman–Crippen MR) is 85.3 cm³/mol. The van der Waals surface area contributed by atoms with E-state index in [-0.39, 0.29) is 5.84 Å². The lowest BCUT2D eigenvalue weighted by Gasteiger charge is -2.37. The van der Waals surface area contributed by atoms with Gasteiger partial charge in [0, 0.05) is 23.0 Å². The molecule has 1 unspecified atom stereocenters. The largest absolute Gasteiger partial charge is 0.409 e. The van der Waals surface area contributed by atoms with Crippen LogP contribution in [0.15, 0.2) is 53.7 Å². The summed E-state index contributed by atoms with van der Waals surface area (Å²) in [4.78, 5) is 2.36. The molecule has 0 amide bonds. The fourth-order valence-electron chi connectivity index (χ4n) is 2.93. The molecule has 21 heavy (non-hydrogen) atoms. The molecule has 1 heterocycles. The average Bonchev–Trinajstić information content (AvgIpc) is 2.54. The van der Waals surface area contributed by atoms with Gasteiger partial charge in [0.05, 0.1) is 0 Å². The number of fused-ring (bicyclic) bond motifs is 1. The maximum absolute atomic E-state index is 8.73. The lowest BCUT2D eigenvalue weighted by molar-refractivity contribution is 0.318. The summed E-state index contributed by atoms with van der Waals surface area (Å²) in [5.41, 5.74) is 10.1. The highest BCUT2D eigenvalue weighted by Crippen LogP contribution is 2.36. The molecule has 0 radical (unpaired) electrons. The lowest BCUT2D eigenvalue weighted by Crippen LogP contribution is -2.33. The van der Waals surface area contributed by atoms with Gasteiger partial charge in [0.15, 0.2) is 5.84 Å². The Hall–Kier alpha value is -2.49. The van der Waals surface area contributed by atoms with Crippen LogP contribution in [-0.2, 0) is 6.42 Å². The number of benzene rings is 2. The molecule has 0 spiro atoms. The van der Waals surface area contributed by atoms with Crippen LogP contribution in [0.1, 0.15) is 24.5 Å². The first-order valence-corrected chi connectivity index (χ1v) is 7.16. The molecule has 4 nitrogen and oxygen atoms in total. The second-order valence-electron chi connectivity index (χ2n) is 5.42. The minimum absolute atomic E-state index is 0.133. The first kappa shape index (κ1) is 13.5. The minimum atomic E-state index is 0.133. The number of hydrogen-bond acceptors (Lipinski definition) is 3. The molecule has 0 aliphatic carbocycles. The molecule has 0 fully saturated rings. The van der Waals surface area contributed by atoms with Crippen molar-refractivity contribution in [1.82, 2.24) is 0 Å². The first-order valence-electron chi connectivity index (χ1n) is 7.16. The maximum Gasteiger partial charge on any atom is 0.170 e. The van der Waals surface area contributed by atoms with Crippen LogP contribution in [0.25, 0.3) is 0 Å². The van der Waals surface area contributed by atoms with E-state index >= 15 is 0 Å². The molecular weight excluding hydrogens is 262 g/mol. The number of nitrogens with zero attached hydrogens (tertiary/aromatic N) is 2. The van der Waals surface area contributed by atoms with E-state index in [1.807, 2.05) is 24.3 Å². The Balaban J connectivity index is 2.00. The van der Waals surface area contributed by atoms with Crippen LogP contribution in [0.4, 0.5) is 11.4 Å². The maximum atomic E-state index is 8.73. The third-order valence-corrected chi connectivity index (χ3v) is 4.07. The van der Waals surface area contributed by atoms with Crippen molar-refractivity contribution >= 4 is 17.2 Å². The van der Waals surface area contributed by atoms with Crippen molar-refractivity contribution in [3.8, 4) is 0 Å². The second kappa shape index (κ2) is 5.48. The number of oxime groups is 1. The van der Waals surface area contributed by atoms with Gasteiger partial charge < -0.3 is 15.8 Å². The van der Waals surface area contributed by atoms with Crippen molar-refractivity contribution in [3.63, 3.8) is 0 Å². The molecule has 0 saturated carbocycles. The quantitative estimate of drug-likeness (QED) is 0.384. The van der Waals surface area contributed by atoms with E-state index in [9.17, 15) is 0 Å². The molecule has 108 valence electrons. The molecule has 1 aliphatic rings. The van der Waals surface area contributed by atoms with E-state index in [0.29, 0.717) is 6.04 Å². The monoisotopic (exact) mass is 281 g/mol. The van der Waals surface area contributed by atoms with Gasteiger partial charge in [0.2, 0.25) is 0 Å². The number of anilines is 2. The SMILES string of the molecule is CC1CCc2ccccc2N1c1ccc(/C(N)=N/O)cc1. The zero-order valence-electron chi connectivity index (χ0n) is 12.0. The Kier molecular flexibility index (Phi) is 3.52. The summed E-state index contributed by atoms with van der Waals surface area (Å²) < 4.78 is 0. The number of amidine groups is 1. The van der Waals surface area contributed by atoms with E-state index in [0.717, 1.165) is 24.1 Å². The summed E-state index contributed by atoms with van der Waals surface area (Å²) >= 11 is 0. The van der Waals surface area contributed by atoms with Gasteiger partial charge in [0.1, 0.15) is 0 Å². The number of hydrogen-bond donors (Lipinski definition) is 2. The van der Waals surface area contributed by atoms with Gasteiger partial charge in [-0.15, -0.1) is 0 Å². The summed E-state index contributed by atoms with van der Waals surface area (Å²) in [5.74, 6) is 0.133. The van der Waals surface area contributed by atoms with E-state index in [1.54, 1.807) is 0 Å². The number of para-hydroxylation sites is 1. The highest BCUT2D eigenvalue weighted by molar-refractivity contribution is 5.97. The summed E-state index contributed by atoms with van der Waals surface area (Å²) in [5, 5.41) is 11.8. The molecule has 2 aromatic rings. The van der Waals surface area contributed by atoms with Crippen LogP contribution >= 0.6 is 0 Å². The molecule has 2 aromatic carbocycles. The molecule has 1 atom stereocenters. The Morgan fingerprint density at radius 3 is 2.62 bits per heavy atom. The Morgan fingerprint density at radius 2 is 1.90 bits per heavy atom. The third-order valence-electron chi connectivity index (χ3n) is 4.07. The summed E-state index contributed by atoms with van der Waals surface area (Å²) in [6, 6.07) is 16.8. The van der Waals surface area contributed by atoms with Crippen molar-refractivity contribution in [2.45, 2.75) is 25.8 Å². The molecular formula is C17H19N3O. The normalized spacial score (nSPS) is 18.4. The Labute approximate surface area is 124 Å². The van der Waals surface area contributed by atoms with Crippen molar-refractivity contribution in [3.05, 3.63) is 59.7 Å². The van der Waals surface area contributed by atoms with Crippen LogP contribution < -0.4 is 10.6 Å². The number of aryl methyl sites for hydroxylation is 1. The van der Waals surface area contributed by atoms with Gasteiger partial charge in [0.25, 0.3) is 0 Å². The molecule has 0 bridgehead atoms. The van der Waals surface area contributed by atoms with E-state index in [4.69, 9.17) is 10.9 Å². The summed E-state index contributed by atoms with van der Waals surface area (Å²) in [6.45, 7) is 2.24. The van der Waals surface area contributed by atoms with E-state index < -0.39 is 0 Å². The van der Waals surface area contributed by atoms with Crippen molar-refractivity contribution in [2.24, 2.45) is 10.9 Å². The highest BCUT2D eigenvalue weighted by atomic mass is 16.4. The molecule has 0 aromatic heterocycles. The predicted octanol–water partition coefficient (Wildman–Crippen LogP) is 3.25. The molecule has 1 aliphatic heterocycles. The van der Waals surface area contributed by atoms with Crippen LogP contribution in [0.5, 0.6) is 0 Å². The van der Waals surface area contributed by atoms with Crippen molar-refractivity contribution in [2.75, 3.05) is 4.90 Å². The number of nitrogens with two attached hydrogens (primary N) is 1. The third kappa shape index (κ3) is 2.44. The standard InChI is InChI=1S/C17H19N3O/c1-12-6-7-13-4-2-3-5-16(13)20(12)15-10-8-14(9-11-15)17(18)19-21/h2-5,8-12,21H,6-7H2,1H3,(H2,18,19). The Morgan fingerprint density at radius 1 is 1.19 bits per heavy atom. The van der Waals surface area contributed by atoms with Crippen LogP contribution in [0, 0.1) is 0 Å². The van der Waals surface area contributed by atoms with Gasteiger partial charge >= 0.3 is 0 Å². The van der Waals surface area contributed by atoms with Crippen molar-refractivity contribution < 1.29 is 5.21 Å². The zero-order valence-corrected chi connectivity index (χ0v) is 12.0. The average molecular weight is 281 g/mol. The lowest BCUT2D eigenvalue weighted by atomic mass is 9.96. The zero-order chi connectivity index (χ0) is 14.8. The van der Waals surface area contributed by atoms with Gasteiger partial charge in [-0.2, -0.15) is 0 Å². The van der Waals surface area contributed by atoms with E-state index in [2.05, 4.69) is 41.2 Å². The fourth-order valence-corrected chi connectivity index (χ4v) is 2.93. The summed E-state index contributed by atoms with van der Waals surface area (Å²) in [6.07, 6.45) is 2.26. The van der Waals surface area contributed by atoms with Gasteiger partial charge in [-0.05, 0) is 55.7 Å². The molecule has 4 heteroatoms. The molecule has 3 rings (SSSR count). The van der Waals surface area contributed by atoms with Gasteiger partial charge in [-0.1, -0.05) is 23.4 Å². The minimum Gasteiger partial charge on any atom is -0.409 e. The van der Waals surface area contributed by atoms with Crippen molar-refractivity contribution in [1.29, 1.82) is 0 Å². The smallest absolute Gasteiger partial charge is 0.170 e. The van der Waals surface area contributed by atoms with E-state index in [1.165, 1.54) is 11.3 Å². The van der Waals surface area contributed by atoms with Gasteiger partial charge in [-0.25, -0.2) is 0 Å². The summed E-state index contributed by atoms with van der Waals surface area (Å²) in [7, 11) is 0. The van der Waals surface area contributed by atoms with Crippen LogP contribution in [0.3, 0.4) is 0 Å². The molecule has 0 saturated heterocycles. The highest BCUT2D eigenvalue weighted by Gasteiger charge is 2.23. The molecule has 3 N–H and O–H groups in total. The second-order valence-corrected chi connectivity index (χ2v) is 5.42. The fraction of sp³-hybridized carbons (Fsp3) is 0.235. The van der Waals surface area contributed by atoms with Gasteiger partial charge in [-0.3, -0.25) is 0 Å². The first-order chi connectivity index (χ1) is 10.2. The topological polar surface area (TPSA) is 61.8 Å². The van der Waals surface area contributed by atoms with Crippen LogP contribution in [-0.4, -0.2) is 17.1 Å².